The van der Waals surface area contributed by atoms with E-state index < -0.39 is 0 Å². The number of hydrogen-bond donors (Lipinski definition) is 3. The molecule has 2 unspecified atom stereocenters. The van der Waals surface area contributed by atoms with Crippen LogP contribution >= 0.6 is 0 Å². The molecule has 84 valence electrons. The van der Waals surface area contributed by atoms with Gasteiger partial charge >= 0.3 is 0 Å². The number of nitrogens with zero attached hydrogens (tertiary/aromatic N) is 2. The Hall–Kier alpha value is -1.36. The molecule has 0 aromatic carbocycles. The van der Waals surface area contributed by atoms with Gasteiger partial charge in [-0.15, -0.1) is 0 Å². The molecule has 0 bridgehead atoms. The van der Waals surface area contributed by atoms with Crippen molar-refractivity contribution in [3.8, 4) is 0 Å². The Kier molecular flexibility index (Phi) is 3.85. The molecule has 15 heavy (non-hydrogen) atoms. The summed E-state index contributed by atoms with van der Waals surface area (Å²) < 4.78 is 0. The maximum atomic E-state index is 9.21. The van der Waals surface area contributed by atoms with Crippen molar-refractivity contribution in [3.05, 3.63) is 11.8 Å². The zero-order chi connectivity index (χ0) is 11.4. The first-order valence-corrected chi connectivity index (χ1v) is 5.03. The molecule has 0 spiro atoms. The average molecular weight is 210 g/mol. The van der Waals surface area contributed by atoms with Gasteiger partial charge in [0.2, 0.25) is 5.95 Å². The van der Waals surface area contributed by atoms with Gasteiger partial charge in [0.25, 0.3) is 0 Å². The molecule has 1 aromatic rings. The van der Waals surface area contributed by atoms with Gasteiger partial charge in [-0.3, -0.25) is 0 Å². The van der Waals surface area contributed by atoms with Crippen LogP contribution in [0.25, 0.3) is 0 Å². The van der Waals surface area contributed by atoms with Crippen molar-refractivity contribution in [1.82, 2.24) is 9.97 Å². The molecule has 0 fully saturated rings. The number of anilines is 2. The molecular weight excluding hydrogens is 192 g/mol. The first-order chi connectivity index (χ1) is 6.97. The number of nitrogens with two attached hydrogens (primary N) is 1. The third-order valence-electron chi connectivity index (χ3n) is 1.96. The number of aryl methyl sites for hydroxylation is 1. The van der Waals surface area contributed by atoms with E-state index in [4.69, 9.17) is 5.73 Å². The minimum absolute atomic E-state index is 0.152. The van der Waals surface area contributed by atoms with Gasteiger partial charge in [-0.2, -0.15) is 4.98 Å². The lowest BCUT2D eigenvalue weighted by Crippen LogP contribution is -2.21. The van der Waals surface area contributed by atoms with Crippen LogP contribution in [0.1, 0.15) is 26.0 Å². The Morgan fingerprint density at radius 1 is 1.47 bits per heavy atom. The fourth-order valence-corrected chi connectivity index (χ4v) is 1.49. The lowest BCUT2D eigenvalue weighted by molar-refractivity contribution is 0.179. The van der Waals surface area contributed by atoms with E-state index in [1.165, 1.54) is 0 Å². The number of aliphatic hydroxyl groups is 1. The highest BCUT2D eigenvalue weighted by Gasteiger charge is 2.07. The fraction of sp³-hybridized carbons (Fsp3) is 0.600. The summed E-state index contributed by atoms with van der Waals surface area (Å²) >= 11 is 0. The van der Waals surface area contributed by atoms with Crippen molar-refractivity contribution < 1.29 is 5.11 Å². The summed E-state index contributed by atoms with van der Waals surface area (Å²) in [5, 5.41) is 12.4. The third kappa shape index (κ3) is 4.12. The van der Waals surface area contributed by atoms with Crippen LogP contribution in [0.4, 0.5) is 11.8 Å². The molecule has 0 saturated carbocycles. The smallest absolute Gasteiger partial charge is 0.222 e. The second kappa shape index (κ2) is 4.93. The van der Waals surface area contributed by atoms with E-state index in [0.717, 1.165) is 5.69 Å². The Morgan fingerprint density at radius 2 is 2.13 bits per heavy atom. The molecule has 5 nitrogen and oxygen atoms in total. The van der Waals surface area contributed by atoms with Crippen LogP contribution in [0, 0.1) is 6.92 Å². The van der Waals surface area contributed by atoms with Gasteiger partial charge in [0.1, 0.15) is 5.82 Å². The summed E-state index contributed by atoms with van der Waals surface area (Å²) in [7, 11) is 0. The van der Waals surface area contributed by atoms with Crippen LogP contribution in [0.3, 0.4) is 0 Å². The number of rotatable bonds is 4. The predicted molar refractivity (Wildman–Crippen MR) is 60.6 cm³/mol. The van der Waals surface area contributed by atoms with Gasteiger partial charge in [-0.1, -0.05) is 0 Å². The third-order valence-corrected chi connectivity index (χ3v) is 1.96. The highest BCUT2D eigenvalue weighted by Crippen LogP contribution is 2.10. The molecular formula is C10H18N4O. The van der Waals surface area contributed by atoms with Crippen LogP contribution in [0.2, 0.25) is 0 Å². The summed E-state index contributed by atoms with van der Waals surface area (Å²) in [6.07, 6.45) is 0.343. The molecule has 0 saturated heterocycles. The maximum absolute atomic E-state index is 9.21. The number of aliphatic hydroxyl groups excluding tert-OH is 1. The van der Waals surface area contributed by atoms with Gasteiger partial charge in [-0.05, 0) is 27.2 Å². The molecule has 0 aliphatic rings. The number of hydrogen-bond acceptors (Lipinski definition) is 5. The first-order valence-electron chi connectivity index (χ1n) is 5.03. The summed E-state index contributed by atoms with van der Waals surface area (Å²) in [6.45, 7) is 5.61. The van der Waals surface area contributed by atoms with Gasteiger partial charge in [-0.25, -0.2) is 4.98 Å². The Balaban J connectivity index is 2.63. The van der Waals surface area contributed by atoms with E-state index in [9.17, 15) is 5.11 Å². The molecule has 5 heteroatoms. The van der Waals surface area contributed by atoms with Crippen molar-refractivity contribution in [1.29, 1.82) is 0 Å². The second-order valence-electron chi connectivity index (χ2n) is 3.88. The minimum atomic E-state index is -0.326. The molecule has 4 N–H and O–H groups in total. The van der Waals surface area contributed by atoms with Crippen LogP contribution in [-0.2, 0) is 0 Å². The topological polar surface area (TPSA) is 84.1 Å². The maximum Gasteiger partial charge on any atom is 0.222 e. The number of nitrogen functional groups attached to an aromatic ring is 1. The molecule has 1 rings (SSSR count). The van der Waals surface area contributed by atoms with Crippen molar-refractivity contribution in [2.24, 2.45) is 0 Å². The Morgan fingerprint density at radius 3 is 2.67 bits per heavy atom. The SMILES string of the molecule is Cc1cc(NC(C)CC(C)O)nc(N)n1. The molecule has 2 atom stereocenters. The monoisotopic (exact) mass is 210 g/mol. The summed E-state index contributed by atoms with van der Waals surface area (Å²) in [6, 6.07) is 1.98. The van der Waals surface area contributed by atoms with E-state index in [1.54, 1.807) is 6.92 Å². The zero-order valence-electron chi connectivity index (χ0n) is 9.36. The Labute approximate surface area is 89.7 Å². The highest BCUT2D eigenvalue weighted by molar-refractivity contribution is 5.40. The van der Waals surface area contributed by atoms with Crippen LogP contribution < -0.4 is 11.1 Å². The van der Waals surface area contributed by atoms with E-state index in [1.807, 2.05) is 19.9 Å². The lowest BCUT2D eigenvalue weighted by Gasteiger charge is -2.16. The van der Waals surface area contributed by atoms with Crippen molar-refractivity contribution in [2.45, 2.75) is 39.3 Å². The molecule has 1 heterocycles. The van der Waals surface area contributed by atoms with Crippen molar-refractivity contribution >= 4 is 11.8 Å². The van der Waals surface area contributed by atoms with Gasteiger partial charge < -0.3 is 16.2 Å². The van der Waals surface area contributed by atoms with Gasteiger partial charge in [0.15, 0.2) is 0 Å². The highest BCUT2D eigenvalue weighted by atomic mass is 16.3. The van der Waals surface area contributed by atoms with E-state index >= 15 is 0 Å². The van der Waals surface area contributed by atoms with Gasteiger partial charge in [0.05, 0.1) is 6.10 Å². The number of aromatic nitrogens is 2. The zero-order valence-corrected chi connectivity index (χ0v) is 9.36. The molecule has 1 aromatic heterocycles. The fourth-order valence-electron chi connectivity index (χ4n) is 1.49. The lowest BCUT2D eigenvalue weighted by atomic mass is 10.1. The first kappa shape index (κ1) is 11.7. The van der Waals surface area contributed by atoms with Crippen LogP contribution in [0.15, 0.2) is 6.07 Å². The van der Waals surface area contributed by atoms with Crippen molar-refractivity contribution in [3.63, 3.8) is 0 Å². The van der Waals surface area contributed by atoms with E-state index in [2.05, 4.69) is 15.3 Å². The molecule has 0 aliphatic carbocycles. The van der Waals surface area contributed by atoms with Crippen molar-refractivity contribution in [2.75, 3.05) is 11.1 Å². The minimum Gasteiger partial charge on any atom is -0.393 e. The summed E-state index contributed by atoms with van der Waals surface area (Å²) in [5.74, 6) is 0.967. The second-order valence-corrected chi connectivity index (χ2v) is 3.88. The standard InChI is InChI=1S/C10H18N4O/c1-6(4-8(3)15)12-9-5-7(2)13-10(11)14-9/h5-6,8,15H,4H2,1-3H3,(H3,11,12,13,14). The number of nitrogens with one attached hydrogen (secondary N) is 1. The van der Waals surface area contributed by atoms with E-state index in [0.29, 0.717) is 12.2 Å². The normalized spacial score (nSPS) is 14.7. The quantitative estimate of drug-likeness (QED) is 0.688. The van der Waals surface area contributed by atoms with Crippen LogP contribution in [0.5, 0.6) is 0 Å². The average Bonchev–Trinajstić information content (AvgIpc) is 1.98. The molecule has 0 aliphatic heterocycles. The van der Waals surface area contributed by atoms with E-state index in [-0.39, 0.29) is 18.1 Å². The Bertz CT molecular complexity index is 307. The summed E-state index contributed by atoms with van der Waals surface area (Å²) in [5.41, 5.74) is 6.35. The molecule has 0 amide bonds. The largest absolute Gasteiger partial charge is 0.393 e. The van der Waals surface area contributed by atoms with Crippen LogP contribution in [-0.4, -0.2) is 27.2 Å². The molecule has 0 radical (unpaired) electrons. The summed E-state index contributed by atoms with van der Waals surface area (Å²) in [4.78, 5) is 8.03. The van der Waals surface area contributed by atoms with Gasteiger partial charge in [0, 0.05) is 17.8 Å². The predicted octanol–water partition coefficient (Wildman–Crippen LogP) is 0.939.